The molecule has 2 nitrogen and oxygen atoms in total. The van der Waals surface area contributed by atoms with Crippen molar-refractivity contribution in [1.82, 2.24) is 0 Å². The Morgan fingerprint density at radius 1 is 1.06 bits per heavy atom. The number of methoxy groups -OCH3 is 1. The van der Waals surface area contributed by atoms with Gasteiger partial charge in [-0.25, -0.2) is 0 Å². The SMILES string of the molecule is CCc1c(OC)ccc(Cc2ccccc2)c1O. The van der Waals surface area contributed by atoms with E-state index in [4.69, 9.17) is 4.74 Å². The van der Waals surface area contributed by atoms with Crippen molar-refractivity contribution in [3.05, 3.63) is 59.2 Å². The largest absolute Gasteiger partial charge is 0.507 e. The Kier molecular flexibility index (Phi) is 3.88. The second-order valence-electron chi connectivity index (χ2n) is 4.27. The highest BCUT2D eigenvalue weighted by molar-refractivity contribution is 5.50. The highest BCUT2D eigenvalue weighted by Crippen LogP contribution is 2.32. The highest BCUT2D eigenvalue weighted by atomic mass is 16.5. The minimum atomic E-state index is 0.362. The summed E-state index contributed by atoms with van der Waals surface area (Å²) in [6, 6.07) is 14.0. The van der Waals surface area contributed by atoms with Crippen LogP contribution in [0.3, 0.4) is 0 Å². The van der Waals surface area contributed by atoms with Gasteiger partial charge in [0.1, 0.15) is 11.5 Å². The van der Waals surface area contributed by atoms with Gasteiger partial charge in [0.05, 0.1) is 7.11 Å². The van der Waals surface area contributed by atoms with Crippen molar-refractivity contribution < 1.29 is 9.84 Å². The first-order chi connectivity index (χ1) is 8.76. The van der Waals surface area contributed by atoms with E-state index in [2.05, 4.69) is 12.1 Å². The fraction of sp³-hybridized carbons (Fsp3) is 0.250. The molecule has 2 heteroatoms. The quantitative estimate of drug-likeness (QED) is 0.888. The molecule has 0 amide bonds. The van der Waals surface area contributed by atoms with Crippen LogP contribution in [0.1, 0.15) is 23.6 Å². The van der Waals surface area contributed by atoms with Crippen LogP contribution in [0.15, 0.2) is 42.5 Å². The standard InChI is InChI=1S/C16H18O2/c1-3-14-15(18-2)10-9-13(16(14)17)11-12-7-5-4-6-8-12/h4-10,17H,3,11H2,1-2H3. The van der Waals surface area contributed by atoms with Gasteiger partial charge in [-0.2, -0.15) is 0 Å². The van der Waals surface area contributed by atoms with Gasteiger partial charge in [0.15, 0.2) is 0 Å². The molecule has 0 unspecified atom stereocenters. The Morgan fingerprint density at radius 2 is 1.78 bits per heavy atom. The summed E-state index contributed by atoms with van der Waals surface area (Å²) in [6.07, 6.45) is 1.50. The first kappa shape index (κ1) is 12.5. The van der Waals surface area contributed by atoms with Gasteiger partial charge < -0.3 is 9.84 Å². The summed E-state index contributed by atoms with van der Waals surface area (Å²) in [6.45, 7) is 2.02. The minimum absolute atomic E-state index is 0.362. The Labute approximate surface area is 108 Å². The van der Waals surface area contributed by atoms with E-state index < -0.39 is 0 Å². The predicted octanol–water partition coefficient (Wildman–Crippen LogP) is 3.55. The average molecular weight is 242 g/mol. The Bertz CT molecular complexity index is 518. The second-order valence-corrected chi connectivity index (χ2v) is 4.27. The lowest BCUT2D eigenvalue weighted by Crippen LogP contribution is -1.96. The number of hydrogen-bond donors (Lipinski definition) is 1. The molecule has 0 fully saturated rings. The van der Waals surface area contributed by atoms with Crippen LogP contribution in [0.5, 0.6) is 11.5 Å². The van der Waals surface area contributed by atoms with E-state index in [1.54, 1.807) is 7.11 Å². The number of hydrogen-bond acceptors (Lipinski definition) is 2. The van der Waals surface area contributed by atoms with Crippen molar-refractivity contribution >= 4 is 0 Å². The maximum atomic E-state index is 10.3. The summed E-state index contributed by atoms with van der Waals surface area (Å²) in [7, 11) is 1.63. The number of benzene rings is 2. The van der Waals surface area contributed by atoms with Gasteiger partial charge in [0.2, 0.25) is 0 Å². The topological polar surface area (TPSA) is 29.5 Å². The van der Waals surface area contributed by atoms with E-state index >= 15 is 0 Å². The molecule has 2 rings (SSSR count). The zero-order valence-corrected chi connectivity index (χ0v) is 10.8. The molecule has 0 heterocycles. The molecule has 2 aromatic carbocycles. The maximum Gasteiger partial charge on any atom is 0.125 e. The first-order valence-corrected chi connectivity index (χ1v) is 6.18. The molecule has 0 bridgehead atoms. The number of rotatable bonds is 4. The average Bonchev–Trinajstić information content (AvgIpc) is 2.42. The van der Waals surface area contributed by atoms with E-state index in [0.29, 0.717) is 5.75 Å². The van der Waals surface area contributed by atoms with Crippen molar-refractivity contribution in [3.8, 4) is 11.5 Å². The second kappa shape index (κ2) is 5.58. The van der Waals surface area contributed by atoms with Crippen molar-refractivity contribution in [1.29, 1.82) is 0 Å². The molecule has 0 aromatic heterocycles. The van der Waals surface area contributed by atoms with Crippen LogP contribution in [0.2, 0.25) is 0 Å². The summed E-state index contributed by atoms with van der Waals surface area (Å²) in [5.74, 6) is 1.12. The smallest absolute Gasteiger partial charge is 0.125 e. The molecule has 0 aliphatic carbocycles. The summed E-state index contributed by atoms with van der Waals surface area (Å²) < 4.78 is 5.26. The number of aromatic hydroxyl groups is 1. The van der Waals surface area contributed by atoms with Gasteiger partial charge >= 0.3 is 0 Å². The predicted molar refractivity (Wildman–Crippen MR) is 73.3 cm³/mol. The Morgan fingerprint density at radius 3 is 2.39 bits per heavy atom. The maximum absolute atomic E-state index is 10.3. The van der Waals surface area contributed by atoms with Crippen molar-refractivity contribution in [2.45, 2.75) is 19.8 Å². The summed E-state index contributed by atoms with van der Waals surface area (Å²) in [5, 5.41) is 10.3. The molecule has 0 saturated carbocycles. The third kappa shape index (κ3) is 2.48. The van der Waals surface area contributed by atoms with Crippen LogP contribution in [0.4, 0.5) is 0 Å². The normalized spacial score (nSPS) is 10.3. The summed E-state index contributed by atoms with van der Waals surface area (Å²) in [4.78, 5) is 0. The lowest BCUT2D eigenvalue weighted by molar-refractivity contribution is 0.399. The van der Waals surface area contributed by atoms with Crippen molar-refractivity contribution in [2.75, 3.05) is 7.11 Å². The van der Waals surface area contributed by atoms with E-state index in [1.165, 1.54) is 5.56 Å². The molecule has 0 saturated heterocycles. The summed E-state index contributed by atoms with van der Waals surface area (Å²) >= 11 is 0. The van der Waals surface area contributed by atoms with Crippen molar-refractivity contribution in [3.63, 3.8) is 0 Å². The third-order valence-corrected chi connectivity index (χ3v) is 3.13. The molecule has 18 heavy (non-hydrogen) atoms. The van der Waals surface area contributed by atoms with E-state index in [1.807, 2.05) is 37.3 Å². The van der Waals surface area contributed by atoms with Gasteiger partial charge in [0, 0.05) is 12.0 Å². The van der Waals surface area contributed by atoms with Crippen LogP contribution in [-0.4, -0.2) is 12.2 Å². The van der Waals surface area contributed by atoms with Gasteiger partial charge in [-0.1, -0.05) is 43.3 Å². The minimum Gasteiger partial charge on any atom is -0.507 e. The fourth-order valence-corrected chi connectivity index (χ4v) is 2.16. The summed E-state index contributed by atoms with van der Waals surface area (Å²) in [5.41, 5.74) is 3.02. The van der Waals surface area contributed by atoms with Gasteiger partial charge in [-0.05, 0) is 23.6 Å². The molecule has 1 N–H and O–H groups in total. The third-order valence-electron chi connectivity index (χ3n) is 3.13. The van der Waals surface area contributed by atoms with Crippen LogP contribution < -0.4 is 4.74 Å². The molecule has 0 atom stereocenters. The van der Waals surface area contributed by atoms with Gasteiger partial charge in [-0.15, -0.1) is 0 Å². The fourth-order valence-electron chi connectivity index (χ4n) is 2.16. The van der Waals surface area contributed by atoms with Crippen LogP contribution >= 0.6 is 0 Å². The van der Waals surface area contributed by atoms with Crippen LogP contribution in [-0.2, 0) is 12.8 Å². The van der Waals surface area contributed by atoms with E-state index in [-0.39, 0.29) is 0 Å². The lowest BCUT2D eigenvalue weighted by Gasteiger charge is -2.13. The molecule has 0 radical (unpaired) electrons. The van der Waals surface area contributed by atoms with Gasteiger partial charge in [-0.3, -0.25) is 0 Å². The number of ether oxygens (including phenoxy) is 1. The molecular formula is C16H18O2. The molecule has 0 aliphatic rings. The lowest BCUT2D eigenvalue weighted by atomic mass is 9.99. The van der Waals surface area contributed by atoms with E-state index in [0.717, 1.165) is 29.7 Å². The molecule has 0 spiro atoms. The van der Waals surface area contributed by atoms with E-state index in [9.17, 15) is 5.11 Å². The molecular weight excluding hydrogens is 224 g/mol. The molecule has 0 aliphatic heterocycles. The Hall–Kier alpha value is -1.96. The molecule has 94 valence electrons. The highest BCUT2D eigenvalue weighted by Gasteiger charge is 2.11. The molecule has 2 aromatic rings. The monoisotopic (exact) mass is 242 g/mol. The van der Waals surface area contributed by atoms with Crippen molar-refractivity contribution in [2.24, 2.45) is 0 Å². The van der Waals surface area contributed by atoms with Crippen LogP contribution in [0.25, 0.3) is 0 Å². The zero-order valence-electron chi connectivity index (χ0n) is 10.8. The number of phenolic OH excluding ortho intramolecular Hbond substituents is 1. The Balaban J connectivity index is 2.35. The van der Waals surface area contributed by atoms with Crippen LogP contribution in [0, 0.1) is 0 Å². The van der Waals surface area contributed by atoms with Gasteiger partial charge in [0.25, 0.3) is 0 Å². The zero-order chi connectivity index (χ0) is 13.0. The number of phenols is 1. The first-order valence-electron chi connectivity index (χ1n) is 6.18.